The Morgan fingerprint density at radius 1 is 0.508 bits per heavy atom. The van der Waals surface area contributed by atoms with Crippen molar-refractivity contribution in [2.24, 2.45) is 0 Å². The highest BCUT2D eigenvalue weighted by Gasteiger charge is 2.47. The Balaban J connectivity index is 1.81. The van der Waals surface area contributed by atoms with Crippen molar-refractivity contribution in [1.82, 2.24) is 0 Å². The van der Waals surface area contributed by atoms with Crippen LogP contribution in [0.25, 0.3) is 0 Å². The maximum atomic E-state index is 12.9. The molecule has 0 saturated carbocycles. The molecule has 0 aromatic carbocycles. The molecule has 0 radical (unpaired) electrons. The van der Waals surface area contributed by atoms with Crippen LogP contribution in [0.4, 0.5) is 0 Å². The summed E-state index contributed by atoms with van der Waals surface area (Å²) >= 11 is 0. The number of unbranched alkanes of at least 4 members (excludes halogenated alkanes) is 8. The zero-order valence-corrected chi connectivity index (χ0v) is 39.2. The number of ether oxygens (including phenoxy) is 6. The van der Waals surface area contributed by atoms with E-state index < -0.39 is 86.7 Å². The third-order valence-electron chi connectivity index (χ3n) is 10.9. The molecule has 2 saturated heterocycles. The minimum absolute atomic E-state index is 0.0222. The van der Waals surface area contributed by atoms with E-state index in [-0.39, 0.29) is 19.6 Å². The fraction of sp³-hybridized carbons (Fsp3) is 0.706. The van der Waals surface area contributed by atoms with Gasteiger partial charge in [-0.2, -0.15) is 0 Å². The monoisotopic (exact) mass is 921 g/mol. The summed E-state index contributed by atoms with van der Waals surface area (Å²) in [5.41, 5.74) is 0. The molecule has 2 aliphatic rings. The van der Waals surface area contributed by atoms with Crippen LogP contribution in [-0.2, 0) is 33.2 Å². The summed E-state index contributed by atoms with van der Waals surface area (Å²) in [5.74, 6) is -0.463. The van der Waals surface area contributed by atoms with E-state index in [2.05, 4.69) is 86.8 Å². The van der Waals surface area contributed by atoms with Crippen molar-refractivity contribution in [3.8, 4) is 0 Å². The standard InChI is InChI=1S/C51H84O14/c1-3-5-7-9-11-13-15-17-18-19-20-21-23-25-27-29-31-33-35-60-37-40(63-43(53)34-32-30-28-26-24-22-16-14-12-10-8-6-4-2)38-61-50-49(59)47(57)45(55)42(65-50)39-62-51-48(58)46(56)44(54)41(36-52)64-51/h5-8,11-14,17-18,22,24,28,30,40-42,44-52,54-59H,3-4,9-10,15-16,19-21,23,25-27,29,31-39H2,1-2H3/b7-5-,8-6-,13-11-,14-12-,18-17-,24-22-,30-28-. The van der Waals surface area contributed by atoms with Crippen molar-refractivity contribution >= 4 is 5.97 Å². The lowest BCUT2D eigenvalue weighted by Crippen LogP contribution is -2.61. The molecule has 2 fully saturated rings. The first-order chi connectivity index (χ1) is 31.6. The number of aliphatic hydroxyl groups is 7. The Hall–Kier alpha value is -2.83. The van der Waals surface area contributed by atoms with Gasteiger partial charge < -0.3 is 64.2 Å². The molecule has 11 unspecified atom stereocenters. The van der Waals surface area contributed by atoms with Gasteiger partial charge in [0, 0.05) is 13.0 Å². The summed E-state index contributed by atoms with van der Waals surface area (Å²) < 4.78 is 34.1. The predicted molar refractivity (Wildman–Crippen MR) is 251 cm³/mol. The second-order valence-electron chi connectivity index (χ2n) is 16.5. The summed E-state index contributed by atoms with van der Waals surface area (Å²) in [5, 5.41) is 72.0. The van der Waals surface area contributed by atoms with E-state index in [0.29, 0.717) is 13.0 Å². The number of esters is 1. The lowest BCUT2D eigenvalue weighted by atomic mass is 9.98. The average Bonchev–Trinajstić information content (AvgIpc) is 3.30. The van der Waals surface area contributed by atoms with E-state index >= 15 is 0 Å². The molecule has 2 heterocycles. The topological polar surface area (TPSA) is 214 Å². The van der Waals surface area contributed by atoms with Gasteiger partial charge in [0.25, 0.3) is 0 Å². The average molecular weight is 921 g/mol. The van der Waals surface area contributed by atoms with Gasteiger partial charge in [-0.15, -0.1) is 0 Å². The Kier molecular flexibility index (Phi) is 34.2. The largest absolute Gasteiger partial charge is 0.457 e. The second-order valence-corrected chi connectivity index (χ2v) is 16.5. The molecule has 372 valence electrons. The number of hydrogen-bond acceptors (Lipinski definition) is 14. The predicted octanol–water partition coefficient (Wildman–Crippen LogP) is 6.51. The summed E-state index contributed by atoms with van der Waals surface area (Å²) in [6.07, 6.45) is 31.0. The third-order valence-corrected chi connectivity index (χ3v) is 10.9. The Morgan fingerprint density at radius 3 is 1.49 bits per heavy atom. The fourth-order valence-corrected chi connectivity index (χ4v) is 7.02. The van der Waals surface area contributed by atoms with Crippen LogP contribution in [0.1, 0.15) is 129 Å². The van der Waals surface area contributed by atoms with Gasteiger partial charge in [-0.1, -0.05) is 137 Å². The highest BCUT2D eigenvalue weighted by atomic mass is 16.7. The van der Waals surface area contributed by atoms with Crippen LogP contribution in [0.5, 0.6) is 0 Å². The molecular formula is C51H84O14. The Labute approximate surface area is 389 Å². The zero-order valence-electron chi connectivity index (χ0n) is 39.2. The van der Waals surface area contributed by atoms with Crippen LogP contribution < -0.4 is 0 Å². The fourth-order valence-electron chi connectivity index (χ4n) is 7.02. The molecule has 2 rings (SSSR count). The SMILES string of the molecule is CC/C=C\C/C=C\C/C=C\C/C=C\CCC(=O)OC(COCCCCCCCCCC/C=C\C/C=C\C/C=C\CC)COC1OC(COC2OC(CO)C(O)C(O)C2O)C(O)C(O)C1O. The van der Waals surface area contributed by atoms with Crippen LogP contribution in [0.15, 0.2) is 85.1 Å². The molecule has 14 nitrogen and oxygen atoms in total. The van der Waals surface area contributed by atoms with Gasteiger partial charge >= 0.3 is 5.97 Å². The van der Waals surface area contributed by atoms with Gasteiger partial charge in [0.2, 0.25) is 0 Å². The van der Waals surface area contributed by atoms with Crippen molar-refractivity contribution in [2.45, 2.75) is 197 Å². The van der Waals surface area contributed by atoms with E-state index in [1.807, 2.05) is 12.2 Å². The van der Waals surface area contributed by atoms with Crippen molar-refractivity contribution < 1.29 is 69.0 Å². The van der Waals surface area contributed by atoms with E-state index in [9.17, 15) is 40.5 Å². The van der Waals surface area contributed by atoms with Crippen molar-refractivity contribution in [3.63, 3.8) is 0 Å². The maximum absolute atomic E-state index is 12.9. The summed E-state index contributed by atoms with van der Waals surface area (Å²) in [6.45, 7) is 3.31. The third kappa shape index (κ3) is 26.3. The van der Waals surface area contributed by atoms with E-state index in [1.54, 1.807) is 0 Å². The van der Waals surface area contributed by atoms with Crippen LogP contribution in [-0.4, -0.2) is 142 Å². The van der Waals surface area contributed by atoms with Crippen LogP contribution in [0.2, 0.25) is 0 Å². The van der Waals surface area contributed by atoms with E-state index in [4.69, 9.17) is 28.4 Å². The molecule has 0 bridgehead atoms. The zero-order chi connectivity index (χ0) is 47.3. The number of hydrogen-bond donors (Lipinski definition) is 7. The second kappa shape index (κ2) is 38.2. The lowest BCUT2D eigenvalue weighted by Gasteiger charge is -2.42. The molecule has 0 spiro atoms. The smallest absolute Gasteiger partial charge is 0.306 e. The quantitative estimate of drug-likeness (QED) is 0.0203. The first-order valence-electron chi connectivity index (χ1n) is 24.2. The molecule has 65 heavy (non-hydrogen) atoms. The first kappa shape index (κ1) is 58.3. The molecule has 11 atom stereocenters. The first-order valence-corrected chi connectivity index (χ1v) is 24.2. The van der Waals surface area contributed by atoms with Crippen LogP contribution in [0.3, 0.4) is 0 Å². The summed E-state index contributed by atoms with van der Waals surface area (Å²) in [4.78, 5) is 12.9. The summed E-state index contributed by atoms with van der Waals surface area (Å²) in [7, 11) is 0. The minimum atomic E-state index is -1.72. The molecule has 2 aliphatic heterocycles. The van der Waals surface area contributed by atoms with Gasteiger partial charge in [-0.3, -0.25) is 4.79 Å². The molecule has 7 N–H and O–H groups in total. The number of carbonyl (C=O) groups is 1. The minimum Gasteiger partial charge on any atom is -0.457 e. The molecule has 0 aliphatic carbocycles. The van der Waals surface area contributed by atoms with Gasteiger partial charge in [0.05, 0.1) is 26.4 Å². The molecule has 0 aromatic heterocycles. The van der Waals surface area contributed by atoms with E-state index in [0.717, 1.165) is 70.6 Å². The summed E-state index contributed by atoms with van der Waals surface area (Å²) in [6, 6.07) is 0. The number of allylic oxidation sites excluding steroid dienone is 14. The number of aliphatic hydroxyl groups excluding tert-OH is 7. The highest BCUT2D eigenvalue weighted by Crippen LogP contribution is 2.26. The van der Waals surface area contributed by atoms with Gasteiger partial charge in [-0.05, 0) is 70.6 Å². The molecule has 0 aromatic rings. The molecule has 14 heteroatoms. The van der Waals surface area contributed by atoms with Crippen LogP contribution in [0, 0.1) is 0 Å². The van der Waals surface area contributed by atoms with E-state index in [1.165, 1.54) is 32.1 Å². The van der Waals surface area contributed by atoms with Crippen molar-refractivity contribution in [1.29, 1.82) is 0 Å². The maximum Gasteiger partial charge on any atom is 0.306 e. The highest BCUT2D eigenvalue weighted by molar-refractivity contribution is 5.69. The lowest BCUT2D eigenvalue weighted by molar-refractivity contribution is -0.332. The normalized spacial score (nSPS) is 27.3. The van der Waals surface area contributed by atoms with Crippen molar-refractivity contribution in [3.05, 3.63) is 85.1 Å². The Bertz CT molecular complexity index is 1390. The van der Waals surface area contributed by atoms with Crippen LogP contribution >= 0.6 is 0 Å². The number of rotatable bonds is 36. The molecule has 0 amide bonds. The number of carbonyl (C=O) groups excluding carboxylic acids is 1. The van der Waals surface area contributed by atoms with Gasteiger partial charge in [-0.25, -0.2) is 0 Å². The van der Waals surface area contributed by atoms with Gasteiger partial charge in [0.1, 0.15) is 54.9 Å². The van der Waals surface area contributed by atoms with Crippen molar-refractivity contribution in [2.75, 3.05) is 33.0 Å². The Morgan fingerprint density at radius 2 is 0.954 bits per heavy atom. The van der Waals surface area contributed by atoms with Gasteiger partial charge in [0.15, 0.2) is 12.6 Å². The molecular weight excluding hydrogens is 837 g/mol.